The number of nitrogens with two attached hydrogens (primary N) is 2. The zero-order chi connectivity index (χ0) is 13.1. The number of piperidine rings is 1. The second-order valence-electron chi connectivity index (χ2n) is 4.44. The number of anilines is 2. The van der Waals surface area contributed by atoms with E-state index >= 15 is 0 Å². The van der Waals surface area contributed by atoms with E-state index in [0.717, 1.165) is 32.0 Å². The van der Waals surface area contributed by atoms with Crippen LogP contribution >= 0.6 is 0 Å². The lowest BCUT2D eigenvalue weighted by molar-refractivity contribution is 0.100. The third-order valence-corrected chi connectivity index (χ3v) is 3.04. The molecule has 0 aromatic heterocycles. The summed E-state index contributed by atoms with van der Waals surface area (Å²) >= 11 is 0. The van der Waals surface area contributed by atoms with Gasteiger partial charge in [0, 0.05) is 18.8 Å². The van der Waals surface area contributed by atoms with Gasteiger partial charge in [-0.25, -0.2) is 9.40 Å². The molecule has 2 rings (SSSR count). The van der Waals surface area contributed by atoms with Crippen LogP contribution in [0.2, 0.25) is 0 Å². The Morgan fingerprint density at radius 2 is 1.94 bits per heavy atom. The Labute approximate surface area is 105 Å². The van der Waals surface area contributed by atoms with Crippen molar-refractivity contribution in [1.29, 1.82) is 0 Å². The molecule has 0 atom stereocenters. The van der Waals surface area contributed by atoms with Crippen LogP contribution in [-0.4, -0.2) is 24.0 Å². The molecule has 5 N–H and O–H groups in total. The minimum absolute atomic E-state index is 0.0594. The van der Waals surface area contributed by atoms with E-state index in [1.165, 1.54) is 12.5 Å². The fraction of sp³-hybridized carbons (Fsp3) is 0.417. The molecule has 1 heterocycles. The van der Waals surface area contributed by atoms with Crippen molar-refractivity contribution in [2.24, 2.45) is 5.73 Å². The van der Waals surface area contributed by atoms with Crippen LogP contribution in [0, 0.1) is 5.82 Å². The molecule has 0 aliphatic carbocycles. The van der Waals surface area contributed by atoms with Crippen LogP contribution in [0.5, 0.6) is 0 Å². The van der Waals surface area contributed by atoms with Crippen molar-refractivity contribution in [1.82, 2.24) is 5.01 Å². The maximum absolute atomic E-state index is 13.7. The number of nitrogens with zero attached hydrogens (tertiary/aromatic N) is 1. The van der Waals surface area contributed by atoms with Gasteiger partial charge in [0.1, 0.15) is 5.82 Å². The zero-order valence-electron chi connectivity index (χ0n) is 10.1. The average molecular weight is 252 g/mol. The largest absolute Gasteiger partial charge is 0.398 e. The number of nitrogen functional groups attached to an aromatic ring is 1. The molecular formula is C12H17FN4O. The molecule has 0 bridgehead atoms. The molecule has 0 spiro atoms. The second kappa shape index (κ2) is 5.22. The highest BCUT2D eigenvalue weighted by Crippen LogP contribution is 2.23. The van der Waals surface area contributed by atoms with Gasteiger partial charge in [0.2, 0.25) is 0 Å². The highest BCUT2D eigenvalue weighted by Gasteiger charge is 2.15. The summed E-state index contributed by atoms with van der Waals surface area (Å²) in [6.45, 7) is 1.71. The van der Waals surface area contributed by atoms with E-state index in [1.807, 2.05) is 5.01 Å². The molecule has 1 aromatic carbocycles. The second-order valence-corrected chi connectivity index (χ2v) is 4.44. The van der Waals surface area contributed by atoms with E-state index in [-0.39, 0.29) is 16.9 Å². The van der Waals surface area contributed by atoms with Crippen LogP contribution in [0.15, 0.2) is 12.1 Å². The van der Waals surface area contributed by atoms with Crippen LogP contribution in [0.3, 0.4) is 0 Å². The molecule has 1 aromatic rings. The SMILES string of the molecule is NC(=O)c1cc(NN2CCCCC2)c(F)cc1N. The molecule has 98 valence electrons. The molecule has 0 radical (unpaired) electrons. The van der Waals surface area contributed by atoms with Crippen LogP contribution in [0.4, 0.5) is 15.8 Å². The Balaban J connectivity index is 2.21. The third-order valence-electron chi connectivity index (χ3n) is 3.04. The predicted octanol–water partition coefficient (Wildman–Crippen LogP) is 1.32. The third kappa shape index (κ3) is 2.70. The number of hydrogen-bond acceptors (Lipinski definition) is 4. The number of benzene rings is 1. The van der Waals surface area contributed by atoms with E-state index in [4.69, 9.17) is 11.5 Å². The molecule has 1 saturated heterocycles. The first-order chi connectivity index (χ1) is 8.58. The zero-order valence-corrected chi connectivity index (χ0v) is 10.1. The van der Waals surface area contributed by atoms with Crippen LogP contribution in [0.25, 0.3) is 0 Å². The maximum Gasteiger partial charge on any atom is 0.250 e. The van der Waals surface area contributed by atoms with Crippen molar-refractivity contribution in [3.63, 3.8) is 0 Å². The van der Waals surface area contributed by atoms with E-state index in [2.05, 4.69) is 5.43 Å². The summed E-state index contributed by atoms with van der Waals surface area (Å²) in [4.78, 5) is 11.2. The van der Waals surface area contributed by atoms with Crippen molar-refractivity contribution < 1.29 is 9.18 Å². The summed E-state index contributed by atoms with van der Waals surface area (Å²) < 4.78 is 13.7. The van der Waals surface area contributed by atoms with Crippen molar-refractivity contribution in [3.05, 3.63) is 23.5 Å². The predicted molar refractivity (Wildman–Crippen MR) is 68.4 cm³/mol. The van der Waals surface area contributed by atoms with E-state index in [9.17, 15) is 9.18 Å². The number of rotatable bonds is 3. The van der Waals surface area contributed by atoms with Crippen LogP contribution in [0.1, 0.15) is 29.6 Å². The fourth-order valence-electron chi connectivity index (χ4n) is 2.06. The quantitative estimate of drug-likeness (QED) is 0.708. The summed E-state index contributed by atoms with van der Waals surface area (Å²) in [7, 11) is 0. The van der Waals surface area contributed by atoms with Gasteiger partial charge in [-0.05, 0) is 25.0 Å². The Morgan fingerprint density at radius 3 is 2.56 bits per heavy atom. The number of nitrogens with one attached hydrogen (secondary N) is 1. The van der Waals surface area contributed by atoms with Gasteiger partial charge in [0.25, 0.3) is 5.91 Å². The molecule has 6 heteroatoms. The standard InChI is InChI=1S/C12H17FN4O/c13-9-7-10(14)8(12(15)18)6-11(9)16-17-4-2-1-3-5-17/h6-7,16H,1-5,14H2,(H2,15,18). The van der Waals surface area contributed by atoms with Gasteiger partial charge in [-0.2, -0.15) is 0 Å². The molecule has 5 nitrogen and oxygen atoms in total. The lowest BCUT2D eigenvalue weighted by atomic mass is 10.1. The highest BCUT2D eigenvalue weighted by atomic mass is 19.1. The van der Waals surface area contributed by atoms with Crippen molar-refractivity contribution in [2.75, 3.05) is 24.2 Å². The number of primary amides is 1. The van der Waals surface area contributed by atoms with Crippen molar-refractivity contribution in [3.8, 4) is 0 Å². The Kier molecular flexibility index (Phi) is 3.66. The Hall–Kier alpha value is -1.82. The van der Waals surface area contributed by atoms with Gasteiger partial charge >= 0.3 is 0 Å². The van der Waals surface area contributed by atoms with E-state index in [0.29, 0.717) is 0 Å². The Bertz CT molecular complexity index is 458. The summed E-state index contributed by atoms with van der Waals surface area (Å²) in [5, 5.41) is 1.93. The molecule has 18 heavy (non-hydrogen) atoms. The fourth-order valence-corrected chi connectivity index (χ4v) is 2.06. The van der Waals surface area contributed by atoms with E-state index < -0.39 is 11.7 Å². The number of hydrazine groups is 1. The first kappa shape index (κ1) is 12.6. The lowest BCUT2D eigenvalue weighted by Gasteiger charge is -2.28. The number of halogens is 1. The topological polar surface area (TPSA) is 84.4 Å². The summed E-state index contributed by atoms with van der Waals surface area (Å²) in [6.07, 6.45) is 3.34. The summed E-state index contributed by atoms with van der Waals surface area (Å²) in [6, 6.07) is 2.48. The lowest BCUT2D eigenvalue weighted by Crippen LogP contribution is -2.35. The molecule has 1 aliphatic heterocycles. The van der Waals surface area contributed by atoms with Gasteiger partial charge in [-0.3, -0.25) is 4.79 Å². The smallest absolute Gasteiger partial charge is 0.250 e. The van der Waals surface area contributed by atoms with Crippen LogP contribution < -0.4 is 16.9 Å². The number of hydrogen-bond donors (Lipinski definition) is 3. The normalized spacial score (nSPS) is 16.5. The van der Waals surface area contributed by atoms with Gasteiger partial charge < -0.3 is 16.9 Å². The van der Waals surface area contributed by atoms with Crippen molar-refractivity contribution in [2.45, 2.75) is 19.3 Å². The minimum atomic E-state index is -0.658. The van der Waals surface area contributed by atoms with Gasteiger partial charge in [-0.15, -0.1) is 0 Å². The van der Waals surface area contributed by atoms with Crippen molar-refractivity contribution >= 4 is 17.3 Å². The molecule has 1 amide bonds. The molecule has 0 saturated carbocycles. The van der Waals surface area contributed by atoms with Gasteiger partial charge in [-0.1, -0.05) is 6.42 Å². The number of carbonyl (C=O) groups excluding carboxylic acids is 1. The number of amides is 1. The summed E-state index contributed by atoms with van der Waals surface area (Å²) in [5.41, 5.74) is 14.1. The van der Waals surface area contributed by atoms with Crippen LogP contribution in [-0.2, 0) is 0 Å². The minimum Gasteiger partial charge on any atom is -0.398 e. The average Bonchev–Trinajstić information content (AvgIpc) is 2.33. The Morgan fingerprint density at radius 1 is 1.28 bits per heavy atom. The maximum atomic E-state index is 13.7. The number of carbonyl (C=O) groups is 1. The summed E-state index contributed by atoms with van der Waals surface area (Å²) in [5.74, 6) is -1.14. The van der Waals surface area contributed by atoms with Gasteiger partial charge in [0.15, 0.2) is 0 Å². The first-order valence-electron chi connectivity index (χ1n) is 5.98. The van der Waals surface area contributed by atoms with E-state index in [1.54, 1.807) is 0 Å². The monoisotopic (exact) mass is 252 g/mol. The first-order valence-corrected chi connectivity index (χ1v) is 5.98. The molecule has 1 fully saturated rings. The molecule has 0 unspecified atom stereocenters. The molecule has 1 aliphatic rings. The van der Waals surface area contributed by atoms with Gasteiger partial charge in [0.05, 0.1) is 11.3 Å². The molecular weight excluding hydrogens is 235 g/mol. The highest BCUT2D eigenvalue weighted by molar-refractivity contribution is 5.99.